The van der Waals surface area contributed by atoms with E-state index in [1.807, 2.05) is 50.2 Å². The first kappa shape index (κ1) is 21.9. The van der Waals surface area contributed by atoms with Crippen molar-refractivity contribution in [2.24, 2.45) is 0 Å². The predicted molar refractivity (Wildman–Crippen MR) is 120 cm³/mol. The monoisotopic (exact) mass is 408 g/mol. The van der Waals surface area contributed by atoms with Gasteiger partial charge in [-0.15, -0.1) is 0 Å². The van der Waals surface area contributed by atoms with Crippen molar-refractivity contribution in [2.45, 2.75) is 66.0 Å². The van der Waals surface area contributed by atoms with E-state index in [1.165, 1.54) is 26.2 Å². The fourth-order valence-corrected chi connectivity index (χ4v) is 4.02. The molecule has 0 saturated carbocycles. The molecule has 1 heterocycles. The van der Waals surface area contributed by atoms with Gasteiger partial charge in [0.15, 0.2) is 0 Å². The van der Waals surface area contributed by atoms with Crippen molar-refractivity contribution in [1.29, 1.82) is 0 Å². The number of hydrogen-bond donors (Lipinski definition) is 1. The summed E-state index contributed by atoms with van der Waals surface area (Å²) in [4.78, 5) is 26.7. The van der Waals surface area contributed by atoms with Gasteiger partial charge < -0.3 is 15.0 Å². The summed E-state index contributed by atoms with van der Waals surface area (Å²) in [5.41, 5.74) is 4.88. The number of carbonyl (C=O) groups is 2. The van der Waals surface area contributed by atoms with Gasteiger partial charge in [-0.05, 0) is 49.1 Å². The van der Waals surface area contributed by atoms with Gasteiger partial charge in [0.2, 0.25) is 5.91 Å². The molecule has 1 N–H and O–H groups in total. The fraction of sp³-hybridized carbons (Fsp3) is 0.440. The lowest BCUT2D eigenvalue weighted by molar-refractivity contribution is -0.126. The highest BCUT2D eigenvalue weighted by atomic mass is 16.5. The molecule has 0 aliphatic carbocycles. The molecule has 0 fully saturated rings. The van der Waals surface area contributed by atoms with Crippen molar-refractivity contribution in [2.75, 3.05) is 11.5 Å². The lowest BCUT2D eigenvalue weighted by Gasteiger charge is -2.20. The maximum absolute atomic E-state index is 13.2. The third-order valence-electron chi connectivity index (χ3n) is 5.59. The number of unbranched alkanes of at least 4 members (excludes halogenated alkanes) is 3. The van der Waals surface area contributed by atoms with Crippen LogP contribution in [0.15, 0.2) is 36.4 Å². The van der Waals surface area contributed by atoms with Gasteiger partial charge in [-0.3, -0.25) is 9.59 Å². The van der Waals surface area contributed by atoms with Crippen molar-refractivity contribution in [3.63, 3.8) is 0 Å². The van der Waals surface area contributed by atoms with Gasteiger partial charge in [0.25, 0.3) is 5.91 Å². The van der Waals surface area contributed by atoms with Crippen LogP contribution in [0.3, 0.4) is 0 Å². The molecule has 1 unspecified atom stereocenters. The number of anilines is 1. The van der Waals surface area contributed by atoms with Crippen LogP contribution in [0.1, 0.15) is 67.8 Å². The van der Waals surface area contributed by atoms with E-state index in [0.717, 1.165) is 46.7 Å². The summed E-state index contributed by atoms with van der Waals surface area (Å²) in [5, 5.41) is 2.83. The van der Waals surface area contributed by atoms with Crippen LogP contribution in [-0.4, -0.2) is 18.4 Å². The Morgan fingerprint density at radius 2 is 1.73 bits per heavy atom. The summed E-state index contributed by atoms with van der Waals surface area (Å²) in [6, 6.07) is 11.3. The second kappa shape index (κ2) is 9.79. The van der Waals surface area contributed by atoms with Gasteiger partial charge in [-0.25, -0.2) is 0 Å². The normalized spacial score (nSPS) is 15.3. The smallest absolute Gasteiger partial charge is 0.254 e. The molecule has 1 atom stereocenters. The molecule has 0 saturated heterocycles. The standard InChI is InChI=1S/C25H32N2O3/c1-5-6-7-8-15-30-21-13-11-20(12-14-21)16-27-24-18(3)10-9-17(2)22(24)23(25(27)29)26-19(4)28/h9-14,23H,5-8,15-16H2,1-4H3,(H,26,28). The van der Waals surface area contributed by atoms with E-state index in [9.17, 15) is 9.59 Å². The minimum Gasteiger partial charge on any atom is -0.494 e. The maximum Gasteiger partial charge on any atom is 0.254 e. The van der Waals surface area contributed by atoms with Crippen molar-refractivity contribution in [3.8, 4) is 5.75 Å². The zero-order valence-electron chi connectivity index (χ0n) is 18.5. The molecule has 0 spiro atoms. The summed E-state index contributed by atoms with van der Waals surface area (Å²) in [6.07, 6.45) is 4.72. The number of benzene rings is 2. The molecule has 0 bridgehead atoms. The van der Waals surface area contributed by atoms with Gasteiger partial charge in [0.1, 0.15) is 11.8 Å². The van der Waals surface area contributed by atoms with Crippen LogP contribution in [0.4, 0.5) is 5.69 Å². The first-order valence-corrected chi connectivity index (χ1v) is 10.8. The Bertz CT molecular complexity index is 905. The Hall–Kier alpha value is -2.82. The molecular weight excluding hydrogens is 376 g/mol. The molecule has 5 nitrogen and oxygen atoms in total. The number of nitrogens with zero attached hydrogens (tertiary/aromatic N) is 1. The average molecular weight is 409 g/mol. The maximum atomic E-state index is 13.2. The lowest BCUT2D eigenvalue weighted by atomic mass is 9.99. The van der Waals surface area contributed by atoms with Gasteiger partial charge in [0, 0.05) is 12.5 Å². The fourth-order valence-electron chi connectivity index (χ4n) is 4.02. The molecule has 1 aliphatic heterocycles. The largest absolute Gasteiger partial charge is 0.494 e. The summed E-state index contributed by atoms with van der Waals surface area (Å²) in [7, 11) is 0. The van der Waals surface area contributed by atoms with Crippen molar-refractivity contribution >= 4 is 17.5 Å². The van der Waals surface area contributed by atoms with Crippen LogP contribution in [0.25, 0.3) is 0 Å². The van der Waals surface area contributed by atoms with Crippen LogP contribution in [0.5, 0.6) is 5.75 Å². The molecule has 5 heteroatoms. The third-order valence-corrected chi connectivity index (χ3v) is 5.59. The Morgan fingerprint density at radius 3 is 2.40 bits per heavy atom. The van der Waals surface area contributed by atoms with Crippen molar-refractivity contribution in [3.05, 3.63) is 58.7 Å². The molecule has 3 rings (SSSR count). The number of ether oxygens (including phenoxy) is 1. The van der Waals surface area contributed by atoms with Crippen LogP contribution in [-0.2, 0) is 16.1 Å². The highest BCUT2D eigenvalue weighted by molar-refractivity contribution is 6.07. The predicted octanol–water partition coefficient (Wildman–Crippen LogP) is 4.99. The Kier molecular flexibility index (Phi) is 7.14. The number of amides is 2. The van der Waals surface area contributed by atoms with Crippen LogP contribution in [0, 0.1) is 13.8 Å². The second-order valence-electron chi connectivity index (χ2n) is 8.07. The Balaban J connectivity index is 1.74. The van der Waals surface area contributed by atoms with Gasteiger partial charge in [0.05, 0.1) is 18.8 Å². The zero-order chi connectivity index (χ0) is 21.7. The molecule has 2 aromatic carbocycles. The third kappa shape index (κ3) is 4.84. The summed E-state index contributed by atoms with van der Waals surface area (Å²) in [5.74, 6) is 0.558. The van der Waals surface area contributed by atoms with E-state index in [-0.39, 0.29) is 11.8 Å². The molecular formula is C25H32N2O3. The molecule has 2 aromatic rings. The summed E-state index contributed by atoms with van der Waals surface area (Å²) >= 11 is 0. The van der Waals surface area contributed by atoms with E-state index in [1.54, 1.807) is 4.90 Å². The first-order chi connectivity index (χ1) is 14.4. The molecule has 1 aliphatic rings. The molecule has 2 amide bonds. The van der Waals surface area contributed by atoms with Gasteiger partial charge in [-0.2, -0.15) is 0 Å². The van der Waals surface area contributed by atoms with Crippen LogP contribution < -0.4 is 15.0 Å². The SMILES string of the molecule is CCCCCCOc1ccc(CN2C(=O)C(NC(C)=O)c3c(C)ccc(C)c32)cc1. The zero-order valence-corrected chi connectivity index (χ0v) is 18.5. The highest BCUT2D eigenvalue weighted by Crippen LogP contribution is 2.41. The van der Waals surface area contributed by atoms with Crippen molar-refractivity contribution in [1.82, 2.24) is 5.32 Å². The van der Waals surface area contributed by atoms with Gasteiger partial charge >= 0.3 is 0 Å². The van der Waals surface area contributed by atoms with E-state index in [0.29, 0.717) is 6.54 Å². The van der Waals surface area contributed by atoms with Gasteiger partial charge in [-0.1, -0.05) is 50.5 Å². The number of nitrogens with one attached hydrogen (secondary N) is 1. The quantitative estimate of drug-likeness (QED) is 0.595. The highest BCUT2D eigenvalue weighted by Gasteiger charge is 2.39. The van der Waals surface area contributed by atoms with E-state index >= 15 is 0 Å². The number of fused-ring (bicyclic) bond motifs is 1. The number of hydrogen-bond acceptors (Lipinski definition) is 3. The minimum absolute atomic E-state index is 0.0890. The van der Waals surface area contributed by atoms with Crippen molar-refractivity contribution < 1.29 is 14.3 Å². The van der Waals surface area contributed by atoms with E-state index in [4.69, 9.17) is 4.74 Å². The molecule has 0 radical (unpaired) electrons. The van der Waals surface area contributed by atoms with E-state index in [2.05, 4.69) is 12.2 Å². The van der Waals surface area contributed by atoms with E-state index < -0.39 is 6.04 Å². The Morgan fingerprint density at radius 1 is 1.03 bits per heavy atom. The summed E-state index contributed by atoms with van der Waals surface area (Å²) in [6.45, 7) is 8.82. The number of aryl methyl sites for hydroxylation is 2. The minimum atomic E-state index is -0.622. The lowest BCUT2D eigenvalue weighted by Crippen LogP contribution is -2.36. The molecule has 160 valence electrons. The van der Waals surface area contributed by atoms with Crippen LogP contribution >= 0.6 is 0 Å². The first-order valence-electron chi connectivity index (χ1n) is 10.8. The average Bonchev–Trinajstić information content (AvgIpc) is 2.98. The summed E-state index contributed by atoms with van der Waals surface area (Å²) < 4.78 is 5.82. The Labute approximate surface area is 179 Å². The second-order valence-corrected chi connectivity index (χ2v) is 8.07. The number of rotatable bonds is 9. The molecule has 0 aromatic heterocycles. The molecule has 30 heavy (non-hydrogen) atoms. The number of carbonyl (C=O) groups excluding carboxylic acids is 2. The van der Waals surface area contributed by atoms with Crippen LogP contribution in [0.2, 0.25) is 0 Å². The topological polar surface area (TPSA) is 58.6 Å².